The molecule has 0 bridgehead atoms. The molecule has 0 saturated heterocycles. The van der Waals surface area contributed by atoms with Crippen molar-refractivity contribution in [3.05, 3.63) is 18.7 Å². The summed E-state index contributed by atoms with van der Waals surface area (Å²) >= 11 is 0. The quantitative estimate of drug-likeness (QED) is 0.392. The van der Waals surface area contributed by atoms with E-state index in [1.807, 2.05) is 12.4 Å². The summed E-state index contributed by atoms with van der Waals surface area (Å²) in [5.74, 6) is -3.29. The third-order valence-corrected chi connectivity index (χ3v) is 0.644. The lowest BCUT2D eigenvalue weighted by molar-refractivity contribution is -0.375. The highest BCUT2D eigenvalue weighted by Crippen LogP contribution is 1.53. The molecule has 1 heterocycles. The summed E-state index contributed by atoms with van der Waals surface area (Å²) in [7, 11) is 0. The monoisotopic (exact) mass is 157 g/mol. The van der Waals surface area contributed by atoms with E-state index >= 15 is 0 Å². The lowest BCUT2D eigenvalue weighted by atomic mass is 10.7. The summed E-state index contributed by atoms with van der Waals surface area (Å²) in [6.07, 6.45) is 5.39. The number of nitrogens with one attached hydrogen (secondary N) is 2. The lowest BCUT2D eigenvalue weighted by Crippen LogP contribution is -2.36. The first-order valence-corrected chi connectivity index (χ1v) is 2.64. The minimum absolute atomic E-state index is 1.44. The van der Waals surface area contributed by atoms with Gasteiger partial charge in [0.25, 0.3) is 5.91 Å². The Kier molecular flexibility index (Phi) is 4.14. The van der Waals surface area contributed by atoms with E-state index in [9.17, 15) is 4.79 Å². The second-order valence-corrected chi connectivity index (χ2v) is 1.46. The smallest absolute Gasteiger partial charge is 0.264 e. The fraction of sp³-hybridized carbons (Fsp3) is 0. The van der Waals surface area contributed by atoms with Crippen molar-refractivity contribution in [2.45, 2.75) is 0 Å². The second kappa shape index (κ2) is 4.98. The molecule has 1 amide bonds. The summed E-state index contributed by atoms with van der Waals surface area (Å²) in [6, 6.07) is 0. The number of hydrogen-bond acceptors (Lipinski definition) is 3. The molecule has 0 unspecified atom stereocenters. The average molecular weight is 157 g/mol. The van der Waals surface area contributed by atoms with Crippen molar-refractivity contribution in [1.82, 2.24) is 4.98 Å². The predicted molar refractivity (Wildman–Crippen MR) is 31.5 cm³/mol. The van der Waals surface area contributed by atoms with E-state index in [-0.39, 0.29) is 0 Å². The first kappa shape index (κ1) is 9.15. The molecule has 0 saturated carbocycles. The molecule has 60 valence electrons. The molecule has 11 heavy (non-hydrogen) atoms. The number of amides is 1. The number of hydrogen-bond donors (Lipinski definition) is 2. The number of aromatic nitrogens is 2. The zero-order chi connectivity index (χ0) is 8.69. The third-order valence-electron chi connectivity index (χ3n) is 0.644. The van der Waals surface area contributed by atoms with E-state index in [1.165, 1.54) is 0 Å². The van der Waals surface area contributed by atoms with Gasteiger partial charge in [-0.15, -0.1) is 0 Å². The van der Waals surface area contributed by atoms with Crippen LogP contribution in [-0.2, 0) is 9.59 Å². The van der Waals surface area contributed by atoms with Gasteiger partial charge >= 0.3 is 0 Å². The van der Waals surface area contributed by atoms with E-state index < -0.39 is 11.9 Å². The van der Waals surface area contributed by atoms with Crippen molar-refractivity contribution < 1.29 is 19.7 Å². The molecule has 1 aromatic heterocycles. The number of primary amides is 1. The van der Waals surface area contributed by atoms with Crippen molar-refractivity contribution in [2.75, 3.05) is 0 Å². The van der Waals surface area contributed by atoms with Crippen LogP contribution in [0.1, 0.15) is 0 Å². The topological polar surface area (TPSA) is 113 Å². The van der Waals surface area contributed by atoms with Crippen LogP contribution in [0.15, 0.2) is 18.7 Å². The van der Waals surface area contributed by atoms with Gasteiger partial charge in [-0.3, -0.25) is 14.8 Å². The molecule has 0 spiro atoms. The van der Waals surface area contributed by atoms with Gasteiger partial charge in [-0.2, -0.15) is 0 Å². The van der Waals surface area contributed by atoms with Crippen LogP contribution >= 0.6 is 0 Å². The van der Waals surface area contributed by atoms with Gasteiger partial charge in [0.15, 0.2) is 0 Å². The minimum Gasteiger partial charge on any atom is -0.540 e. The largest absolute Gasteiger partial charge is 0.540 e. The van der Waals surface area contributed by atoms with Crippen LogP contribution in [0, 0.1) is 0 Å². The van der Waals surface area contributed by atoms with E-state index in [1.54, 1.807) is 6.33 Å². The molecule has 6 heteroatoms. The van der Waals surface area contributed by atoms with Crippen LogP contribution in [0.5, 0.6) is 0 Å². The molecular formula is C5H7N3O3. The van der Waals surface area contributed by atoms with Gasteiger partial charge in [0, 0.05) is 0 Å². The number of nitrogens with two attached hydrogens (primary N) is 1. The van der Waals surface area contributed by atoms with E-state index in [2.05, 4.69) is 15.7 Å². The molecule has 0 aliphatic rings. The lowest BCUT2D eigenvalue weighted by Gasteiger charge is -1.87. The second-order valence-electron chi connectivity index (χ2n) is 1.46. The molecule has 1 rings (SSSR count). The summed E-state index contributed by atoms with van der Waals surface area (Å²) in [6.45, 7) is 0. The highest BCUT2D eigenvalue weighted by Gasteiger charge is 1.86. The molecule has 0 fully saturated rings. The van der Waals surface area contributed by atoms with Gasteiger partial charge < -0.3 is 15.6 Å². The fourth-order valence-corrected chi connectivity index (χ4v) is 0.241. The number of aromatic amines is 2. The Labute approximate surface area is 62.1 Å². The molecule has 1 aromatic rings. The normalized spacial score (nSPS) is 7.64. The summed E-state index contributed by atoms with van der Waals surface area (Å²) in [5, 5.41) is 9.11. The zero-order valence-electron chi connectivity index (χ0n) is 5.53. The van der Waals surface area contributed by atoms with Crippen LogP contribution in [0.4, 0.5) is 0 Å². The minimum atomic E-state index is -1.85. The van der Waals surface area contributed by atoms with Gasteiger partial charge in [-0.05, 0) is 0 Å². The number of rotatable bonds is 0. The zero-order valence-corrected chi connectivity index (χ0v) is 5.53. The predicted octanol–water partition coefficient (Wildman–Crippen LogP) is -2.95. The van der Waals surface area contributed by atoms with Gasteiger partial charge in [0.2, 0.25) is 6.33 Å². The van der Waals surface area contributed by atoms with Crippen molar-refractivity contribution in [1.29, 1.82) is 0 Å². The van der Waals surface area contributed by atoms with Crippen LogP contribution < -0.4 is 15.8 Å². The Morgan fingerprint density at radius 2 is 2.09 bits per heavy atom. The fourth-order valence-electron chi connectivity index (χ4n) is 0.241. The van der Waals surface area contributed by atoms with Gasteiger partial charge in [0.05, 0.1) is 0 Å². The molecule has 4 N–H and O–H groups in total. The number of carbonyl (C=O) groups excluding carboxylic acids is 2. The molecule has 0 radical (unpaired) electrons. The average Bonchev–Trinajstić information content (AvgIpc) is 2.41. The Morgan fingerprint density at radius 1 is 1.55 bits per heavy atom. The molecule has 0 aromatic carbocycles. The molecule has 0 aliphatic carbocycles. The Hall–Kier alpha value is -1.85. The summed E-state index contributed by atoms with van der Waals surface area (Å²) in [5.41, 5.74) is 4.13. The Morgan fingerprint density at radius 3 is 2.18 bits per heavy atom. The number of H-pyrrole nitrogens is 2. The maximum Gasteiger partial charge on any atom is 0.264 e. The number of aliphatic carboxylic acids is 1. The summed E-state index contributed by atoms with van der Waals surface area (Å²) in [4.78, 5) is 24.0. The molecule has 0 atom stereocenters. The Bertz CT molecular complexity index is 190. The van der Waals surface area contributed by atoms with Crippen molar-refractivity contribution in [3.8, 4) is 0 Å². The number of imidazole rings is 1. The van der Waals surface area contributed by atoms with Crippen molar-refractivity contribution in [3.63, 3.8) is 0 Å². The maximum atomic E-state index is 9.26. The standard InChI is InChI=1S/C3H4N2.C2H3NO3/c1-2-5-3-4-1;3-1(4)2(5)6/h1-3H,(H,4,5);(H2,3,4)(H,5,6). The Balaban J connectivity index is 0.000000183. The third kappa shape index (κ3) is 6.03. The van der Waals surface area contributed by atoms with Crippen LogP contribution in [0.3, 0.4) is 0 Å². The summed E-state index contributed by atoms with van der Waals surface area (Å²) < 4.78 is 0. The highest BCUT2D eigenvalue weighted by atomic mass is 16.4. The molecule has 6 nitrogen and oxygen atoms in total. The molecular weight excluding hydrogens is 150 g/mol. The van der Waals surface area contributed by atoms with Crippen molar-refractivity contribution in [2.24, 2.45) is 5.73 Å². The van der Waals surface area contributed by atoms with E-state index in [4.69, 9.17) is 9.90 Å². The van der Waals surface area contributed by atoms with E-state index in [0.29, 0.717) is 0 Å². The van der Waals surface area contributed by atoms with Gasteiger partial charge in [-0.1, -0.05) is 0 Å². The number of carbonyl (C=O) groups is 2. The molecule has 0 aliphatic heterocycles. The van der Waals surface area contributed by atoms with Crippen molar-refractivity contribution >= 4 is 11.9 Å². The van der Waals surface area contributed by atoms with Gasteiger partial charge in [0.1, 0.15) is 18.4 Å². The van der Waals surface area contributed by atoms with Crippen LogP contribution in [0.2, 0.25) is 0 Å². The van der Waals surface area contributed by atoms with Crippen LogP contribution in [0.25, 0.3) is 0 Å². The van der Waals surface area contributed by atoms with Gasteiger partial charge in [-0.25, -0.2) is 0 Å². The first-order chi connectivity index (χ1) is 5.14. The number of carboxylic acid groups (broad SMARTS) is 1. The highest BCUT2D eigenvalue weighted by molar-refractivity contribution is 6.29. The SMILES string of the molecule is NC(=O)C(=O)[O-].c1c[nH+]c[nH]1. The maximum absolute atomic E-state index is 9.26. The number of carboxylic acids is 1. The first-order valence-electron chi connectivity index (χ1n) is 2.64. The van der Waals surface area contributed by atoms with E-state index in [0.717, 1.165) is 0 Å². The van der Waals surface area contributed by atoms with Crippen LogP contribution in [-0.4, -0.2) is 16.9 Å².